The maximum atomic E-state index is 12.3. The van der Waals surface area contributed by atoms with Crippen LogP contribution in [0.5, 0.6) is 0 Å². The quantitative estimate of drug-likeness (QED) is 0.779. The Hall–Kier alpha value is -1.42. The monoisotopic (exact) mass is 261 g/mol. The summed E-state index contributed by atoms with van der Waals surface area (Å²) < 4.78 is 0. The highest BCUT2D eigenvalue weighted by Crippen LogP contribution is 2.40. The maximum Gasteiger partial charge on any atom is 0.231 e. The highest BCUT2D eigenvalue weighted by molar-refractivity contribution is 5.98. The minimum absolute atomic E-state index is 0.186. The van der Waals surface area contributed by atoms with Gasteiger partial charge in [-0.25, -0.2) is 0 Å². The SMILES string of the molecule is CC.CN1CCC2(CC1)Cc1ncccc1NC2=O. The topological polar surface area (TPSA) is 45.2 Å². The first-order valence-electron chi connectivity index (χ1n) is 7.14. The molecule has 0 aromatic carbocycles. The lowest BCUT2D eigenvalue weighted by Crippen LogP contribution is -2.49. The molecule has 0 atom stereocenters. The van der Waals surface area contributed by atoms with Gasteiger partial charge in [-0.15, -0.1) is 0 Å². The Balaban J connectivity index is 0.000000637. The first-order valence-corrected chi connectivity index (χ1v) is 7.14. The molecule has 2 aliphatic rings. The van der Waals surface area contributed by atoms with Crippen molar-refractivity contribution in [2.75, 3.05) is 25.5 Å². The van der Waals surface area contributed by atoms with E-state index in [4.69, 9.17) is 0 Å². The van der Waals surface area contributed by atoms with Crippen molar-refractivity contribution in [2.24, 2.45) is 5.41 Å². The standard InChI is InChI=1S/C13H17N3O.C2H6/c1-16-7-4-13(5-8-16)9-11-10(15-12(13)17)3-2-6-14-11;1-2/h2-3,6H,4-5,7-9H2,1H3,(H,15,17);1-2H3. The van der Waals surface area contributed by atoms with Gasteiger partial charge in [0, 0.05) is 12.6 Å². The lowest BCUT2D eigenvalue weighted by Gasteiger charge is -2.41. The van der Waals surface area contributed by atoms with Crippen molar-refractivity contribution >= 4 is 11.6 Å². The van der Waals surface area contributed by atoms with E-state index in [1.54, 1.807) is 6.20 Å². The van der Waals surface area contributed by atoms with Crippen LogP contribution in [-0.4, -0.2) is 35.9 Å². The molecule has 4 nitrogen and oxygen atoms in total. The minimum Gasteiger partial charge on any atom is -0.324 e. The average molecular weight is 261 g/mol. The number of pyridine rings is 1. The van der Waals surface area contributed by atoms with Crippen LogP contribution in [0.15, 0.2) is 18.3 Å². The van der Waals surface area contributed by atoms with E-state index in [9.17, 15) is 4.79 Å². The molecule has 1 spiro atoms. The molecule has 0 bridgehead atoms. The van der Waals surface area contributed by atoms with Crippen molar-refractivity contribution in [3.05, 3.63) is 24.0 Å². The van der Waals surface area contributed by atoms with Gasteiger partial charge in [-0.1, -0.05) is 13.8 Å². The van der Waals surface area contributed by atoms with Crippen LogP contribution in [0.3, 0.4) is 0 Å². The Morgan fingerprint density at radius 2 is 2.00 bits per heavy atom. The van der Waals surface area contributed by atoms with Crippen LogP contribution in [0.25, 0.3) is 0 Å². The molecule has 3 heterocycles. The number of anilines is 1. The molecule has 0 aliphatic carbocycles. The van der Waals surface area contributed by atoms with E-state index in [1.807, 2.05) is 26.0 Å². The molecular formula is C15H23N3O. The molecule has 0 saturated carbocycles. The third-order valence-corrected chi connectivity index (χ3v) is 4.07. The minimum atomic E-state index is -0.214. The van der Waals surface area contributed by atoms with Crippen LogP contribution in [0.1, 0.15) is 32.4 Å². The molecule has 2 aliphatic heterocycles. The molecule has 1 N–H and O–H groups in total. The number of hydrogen-bond acceptors (Lipinski definition) is 3. The van der Waals surface area contributed by atoms with Crippen LogP contribution in [-0.2, 0) is 11.2 Å². The van der Waals surface area contributed by atoms with E-state index in [0.29, 0.717) is 0 Å². The second-order valence-electron chi connectivity index (χ2n) is 5.21. The number of nitrogens with one attached hydrogen (secondary N) is 1. The van der Waals surface area contributed by atoms with Gasteiger partial charge in [0.25, 0.3) is 0 Å². The van der Waals surface area contributed by atoms with E-state index in [1.165, 1.54) is 0 Å². The van der Waals surface area contributed by atoms with E-state index in [2.05, 4.69) is 22.2 Å². The van der Waals surface area contributed by atoms with Gasteiger partial charge in [-0.05, 0) is 45.1 Å². The van der Waals surface area contributed by atoms with Crippen LogP contribution in [0.2, 0.25) is 0 Å². The molecule has 104 valence electrons. The number of nitrogens with zero attached hydrogens (tertiary/aromatic N) is 2. The van der Waals surface area contributed by atoms with E-state index in [-0.39, 0.29) is 11.3 Å². The summed E-state index contributed by atoms with van der Waals surface area (Å²) in [6.07, 6.45) is 4.47. The smallest absolute Gasteiger partial charge is 0.231 e. The van der Waals surface area contributed by atoms with Gasteiger partial charge in [0.05, 0.1) is 16.8 Å². The van der Waals surface area contributed by atoms with Crippen LogP contribution in [0.4, 0.5) is 5.69 Å². The van der Waals surface area contributed by atoms with Crippen molar-refractivity contribution in [1.29, 1.82) is 0 Å². The number of aromatic nitrogens is 1. The molecule has 0 radical (unpaired) electrons. The Morgan fingerprint density at radius 1 is 1.32 bits per heavy atom. The molecule has 1 saturated heterocycles. The third-order valence-electron chi connectivity index (χ3n) is 4.07. The van der Waals surface area contributed by atoms with E-state index < -0.39 is 0 Å². The van der Waals surface area contributed by atoms with Crippen molar-refractivity contribution in [1.82, 2.24) is 9.88 Å². The molecule has 1 aromatic heterocycles. The maximum absolute atomic E-state index is 12.3. The Bertz CT molecular complexity index is 450. The number of carbonyl (C=O) groups is 1. The summed E-state index contributed by atoms with van der Waals surface area (Å²) in [7, 11) is 2.11. The number of rotatable bonds is 0. The summed E-state index contributed by atoms with van der Waals surface area (Å²) in [5.41, 5.74) is 1.71. The van der Waals surface area contributed by atoms with Crippen molar-refractivity contribution in [3.8, 4) is 0 Å². The van der Waals surface area contributed by atoms with Gasteiger partial charge in [0.1, 0.15) is 0 Å². The van der Waals surface area contributed by atoms with Crippen LogP contribution in [0, 0.1) is 5.41 Å². The molecule has 1 aromatic rings. The molecule has 19 heavy (non-hydrogen) atoms. The Morgan fingerprint density at radius 3 is 2.68 bits per heavy atom. The summed E-state index contributed by atoms with van der Waals surface area (Å²) in [4.78, 5) is 19.0. The first-order chi connectivity index (χ1) is 9.20. The number of amides is 1. The Labute approximate surface area is 115 Å². The number of piperidine rings is 1. The van der Waals surface area contributed by atoms with Gasteiger partial charge in [-0.2, -0.15) is 0 Å². The lowest BCUT2D eigenvalue weighted by atomic mass is 9.72. The van der Waals surface area contributed by atoms with E-state index >= 15 is 0 Å². The fourth-order valence-corrected chi connectivity index (χ4v) is 2.80. The first kappa shape index (κ1) is 14.0. The third kappa shape index (κ3) is 2.63. The number of fused-ring (bicyclic) bond motifs is 1. The molecule has 0 unspecified atom stereocenters. The zero-order chi connectivity index (χ0) is 13.9. The number of likely N-dealkylation sites (tertiary alicyclic amines) is 1. The summed E-state index contributed by atoms with van der Waals surface area (Å²) >= 11 is 0. The van der Waals surface area contributed by atoms with Crippen molar-refractivity contribution in [3.63, 3.8) is 0 Å². The fraction of sp³-hybridized carbons (Fsp3) is 0.600. The van der Waals surface area contributed by atoms with Gasteiger partial charge in [0.2, 0.25) is 5.91 Å². The lowest BCUT2D eigenvalue weighted by molar-refractivity contribution is -0.128. The molecule has 1 fully saturated rings. The van der Waals surface area contributed by atoms with Crippen molar-refractivity contribution < 1.29 is 4.79 Å². The summed E-state index contributed by atoms with van der Waals surface area (Å²) in [5, 5.41) is 3.02. The van der Waals surface area contributed by atoms with Gasteiger partial charge in [0.15, 0.2) is 0 Å². The number of carbonyl (C=O) groups excluding carboxylic acids is 1. The Kier molecular flexibility index (Phi) is 4.20. The fourth-order valence-electron chi connectivity index (χ4n) is 2.80. The van der Waals surface area contributed by atoms with Crippen LogP contribution < -0.4 is 5.32 Å². The second-order valence-corrected chi connectivity index (χ2v) is 5.21. The summed E-state index contributed by atoms with van der Waals surface area (Å²) in [6, 6.07) is 3.80. The highest BCUT2D eigenvalue weighted by Gasteiger charge is 2.44. The summed E-state index contributed by atoms with van der Waals surface area (Å²) in [5.74, 6) is 0.186. The van der Waals surface area contributed by atoms with Crippen molar-refractivity contribution in [2.45, 2.75) is 33.1 Å². The van der Waals surface area contributed by atoms with Gasteiger partial charge < -0.3 is 10.2 Å². The highest BCUT2D eigenvalue weighted by atomic mass is 16.2. The molecular weight excluding hydrogens is 238 g/mol. The average Bonchev–Trinajstić information content (AvgIpc) is 2.45. The molecule has 4 heteroatoms. The zero-order valence-electron chi connectivity index (χ0n) is 12.1. The predicted molar refractivity (Wildman–Crippen MR) is 77.1 cm³/mol. The molecule has 3 rings (SSSR count). The number of hydrogen-bond donors (Lipinski definition) is 1. The van der Waals surface area contributed by atoms with Gasteiger partial charge >= 0.3 is 0 Å². The summed E-state index contributed by atoms with van der Waals surface area (Å²) in [6.45, 7) is 5.99. The van der Waals surface area contributed by atoms with Crippen LogP contribution >= 0.6 is 0 Å². The molecule has 1 amide bonds. The normalized spacial score (nSPS) is 21.1. The zero-order valence-corrected chi connectivity index (χ0v) is 12.1. The van der Waals surface area contributed by atoms with E-state index in [0.717, 1.165) is 43.7 Å². The largest absolute Gasteiger partial charge is 0.324 e. The predicted octanol–water partition coefficient (Wildman–Crippen LogP) is 2.31. The van der Waals surface area contributed by atoms with Gasteiger partial charge in [-0.3, -0.25) is 9.78 Å². The second kappa shape index (κ2) is 5.70.